The van der Waals surface area contributed by atoms with Crippen molar-refractivity contribution in [3.8, 4) is 47.4 Å². The lowest BCUT2D eigenvalue weighted by atomic mass is 9.82. The Morgan fingerprint density at radius 1 is 0.281 bits per heavy atom. The summed E-state index contributed by atoms with van der Waals surface area (Å²) in [6.45, 7) is 0. The first-order valence-electron chi connectivity index (χ1n) is 24.2. The summed E-state index contributed by atoms with van der Waals surface area (Å²) in [4.78, 5) is 20.9. The van der Waals surface area contributed by atoms with Gasteiger partial charge in [0.2, 0.25) is 0 Å². The van der Waals surface area contributed by atoms with Gasteiger partial charge in [0.15, 0.2) is 0 Å². The summed E-state index contributed by atoms with van der Waals surface area (Å²) in [5.41, 5.74) is 6.66. The van der Waals surface area contributed by atoms with Gasteiger partial charge in [-0.2, -0.15) is 0 Å². The number of nitrogens with zero attached hydrogens (tertiary/aromatic N) is 4. The Bertz CT molecular complexity index is 2280. The Kier molecular flexibility index (Phi) is 13.5. The summed E-state index contributed by atoms with van der Waals surface area (Å²) in [5, 5.41) is 0. The van der Waals surface area contributed by atoms with Gasteiger partial charge in [0.05, 0.1) is 0 Å². The zero-order valence-electron chi connectivity index (χ0n) is 37.5. The molecule has 8 bridgehead atoms. The lowest BCUT2D eigenvalue weighted by molar-refractivity contribution is 0.374. The molecule has 4 saturated carbocycles. The molecule has 4 aromatic rings. The molecule has 64 heavy (non-hydrogen) atoms. The highest BCUT2D eigenvalue weighted by Crippen LogP contribution is 2.35. The largest absolute Gasteiger partial charge is 0.273 e. The van der Waals surface area contributed by atoms with Crippen LogP contribution in [0.5, 0.6) is 0 Å². The molecule has 0 unspecified atom stereocenters. The fraction of sp³-hybridized carbons (Fsp3) is 0.400. The maximum absolute atomic E-state index is 5.23. The average Bonchev–Trinajstić information content (AvgIpc) is 3.36. The summed E-state index contributed by atoms with van der Waals surface area (Å²) in [6, 6.07) is 34.0. The minimum atomic E-state index is -0.390. The first kappa shape index (κ1) is 43.1. The third-order valence-electron chi connectivity index (χ3n) is 13.9. The number of rotatable bonds is 0. The molecule has 12 rings (SSSR count). The topological polar surface area (TPSA) is 49.4 Å². The third-order valence-corrected chi connectivity index (χ3v) is 13.9. The number of hydrogen-bond donors (Lipinski definition) is 0. The smallest absolute Gasteiger partial charge is 0.121 e. The highest BCUT2D eigenvalue weighted by Gasteiger charge is 2.32. The predicted octanol–water partition coefficient (Wildman–Crippen LogP) is 12.7. The number of benzene rings is 4. The molecule has 4 fully saturated rings. The van der Waals surface area contributed by atoms with Crippen LogP contribution in [0.3, 0.4) is 0 Å². The Morgan fingerprint density at radius 3 is 0.719 bits per heavy atom. The van der Waals surface area contributed by atoms with Crippen molar-refractivity contribution in [2.75, 3.05) is 0 Å². The van der Waals surface area contributed by atoms with Crippen LogP contribution in [0.1, 0.15) is 173 Å². The van der Waals surface area contributed by atoms with E-state index in [1.807, 2.05) is 24.9 Å². The van der Waals surface area contributed by atoms with E-state index in [-0.39, 0.29) is 0 Å². The Balaban J connectivity index is 1.07. The summed E-state index contributed by atoms with van der Waals surface area (Å²) < 4.78 is 0. The van der Waals surface area contributed by atoms with E-state index in [0.717, 1.165) is 147 Å². The van der Waals surface area contributed by atoms with E-state index in [9.17, 15) is 0 Å². The Morgan fingerprint density at radius 2 is 0.500 bits per heavy atom. The van der Waals surface area contributed by atoms with Crippen LogP contribution >= 0.6 is 0 Å². The van der Waals surface area contributed by atoms with Crippen LogP contribution in [0.4, 0.5) is 0 Å². The Labute approximate surface area is 382 Å². The molecule has 4 heteroatoms. The summed E-state index contributed by atoms with van der Waals surface area (Å²) in [6.07, 6.45) is 29.9. The second-order valence-corrected chi connectivity index (χ2v) is 18.9. The van der Waals surface area contributed by atoms with Crippen molar-refractivity contribution in [2.24, 2.45) is 20.0 Å². The second-order valence-electron chi connectivity index (χ2n) is 18.9. The van der Waals surface area contributed by atoms with Gasteiger partial charge in [0.25, 0.3) is 0 Å². The molecule has 4 spiro atoms. The van der Waals surface area contributed by atoms with Crippen LogP contribution < -0.4 is 0 Å². The van der Waals surface area contributed by atoms with Crippen molar-refractivity contribution < 1.29 is 0 Å². The molecule has 0 radical (unpaired) electrons. The average molecular weight is 837 g/mol. The molecule has 320 valence electrons. The molecule has 0 N–H and O–H groups in total. The zero-order chi connectivity index (χ0) is 43.4. The molecular weight excluding hydrogens is 777 g/mol. The van der Waals surface area contributed by atoms with Gasteiger partial charge in [0, 0.05) is 47.1 Å². The van der Waals surface area contributed by atoms with Crippen LogP contribution in [0.25, 0.3) is 0 Å². The van der Waals surface area contributed by atoms with Gasteiger partial charge >= 0.3 is 0 Å². The molecule has 4 nitrogen and oxygen atoms in total. The standard InChI is InChI=1S/C60H60N4/c1-5-31-57(32-6-1)39-27-49-15-13-16-50(43-49)28-40-58(33-7-2-8-34-58)63-47-55-23-25-56(26-24-55)48-64-60(37-11-4-12-38-60)42-30-52-18-14-17-51(44-52)29-41-59(35-9-3-10-36-59)62-46-54-21-19-53(20-22-54)45-61-57/h13-26,43-48H,1-12,31-38H2. The van der Waals surface area contributed by atoms with E-state index in [2.05, 4.69) is 144 Å². The maximum Gasteiger partial charge on any atom is 0.121 e. The number of aliphatic imine (C=N–C) groups is 4. The summed E-state index contributed by atoms with van der Waals surface area (Å²) >= 11 is 0. The molecule has 0 amide bonds. The summed E-state index contributed by atoms with van der Waals surface area (Å²) in [7, 11) is 0. The van der Waals surface area contributed by atoms with E-state index in [1.54, 1.807) is 0 Å². The maximum atomic E-state index is 5.23. The highest BCUT2D eigenvalue weighted by molar-refractivity contribution is 5.86. The van der Waals surface area contributed by atoms with Gasteiger partial charge < -0.3 is 0 Å². The monoisotopic (exact) mass is 836 g/mol. The quantitative estimate of drug-likeness (QED) is 0.158. The van der Waals surface area contributed by atoms with Gasteiger partial charge in [-0.25, -0.2) is 0 Å². The van der Waals surface area contributed by atoms with Gasteiger partial charge in [-0.05, 0) is 110 Å². The van der Waals surface area contributed by atoms with Gasteiger partial charge in [-0.1, -0.05) is 185 Å². The van der Waals surface area contributed by atoms with Gasteiger partial charge in [-0.15, -0.1) is 0 Å². The molecule has 0 aromatic heterocycles. The third kappa shape index (κ3) is 11.3. The normalized spacial score (nSPS) is 20.8. The Hall–Kier alpha value is -6.20. The van der Waals surface area contributed by atoms with E-state index < -0.39 is 22.2 Å². The summed E-state index contributed by atoms with van der Waals surface area (Å²) in [5.74, 6) is 28.8. The predicted molar refractivity (Wildman–Crippen MR) is 267 cm³/mol. The molecular formula is C60H60N4. The first-order valence-corrected chi connectivity index (χ1v) is 24.2. The van der Waals surface area contributed by atoms with Crippen LogP contribution in [-0.4, -0.2) is 47.0 Å². The fourth-order valence-electron chi connectivity index (χ4n) is 9.92. The van der Waals surface area contributed by atoms with E-state index in [1.165, 1.54) is 25.7 Å². The molecule has 4 heterocycles. The zero-order valence-corrected chi connectivity index (χ0v) is 37.5. The first-order chi connectivity index (χ1) is 31.5. The molecule has 4 aromatic carbocycles. The minimum Gasteiger partial charge on any atom is -0.273 e. The van der Waals surface area contributed by atoms with Crippen LogP contribution in [0.15, 0.2) is 117 Å². The SMILES string of the molecule is C1#CC2(CCCCC2)N=Cc2ccc(cc2)C=NC2(C#Cc3cccc(c3)C#CC3(CCCCC3)N=Cc3ccc(cc3)C=NC3(C#Cc4cccc1c4)CCCCC3)CCCCC2. The van der Waals surface area contributed by atoms with Gasteiger partial charge in [-0.3, -0.25) is 20.0 Å². The van der Waals surface area contributed by atoms with Crippen molar-refractivity contribution >= 4 is 24.9 Å². The van der Waals surface area contributed by atoms with Crippen LogP contribution in [-0.2, 0) is 0 Å². The highest BCUT2D eigenvalue weighted by atomic mass is 14.9. The van der Waals surface area contributed by atoms with E-state index in [4.69, 9.17) is 20.0 Å². The van der Waals surface area contributed by atoms with E-state index >= 15 is 0 Å². The molecule has 0 saturated heterocycles. The van der Waals surface area contributed by atoms with Crippen molar-refractivity contribution in [3.05, 3.63) is 142 Å². The fourth-order valence-corrected chi connectivity index (χ4v) is 9.92. The van der Waals surface area contributed by atoms with Crippen molar-refractivity contribution in [1.29, 1.82) is 0 Å². The van der Waals surface area contributed by atoms with Crippen molar-refractivity contribution in [1.82, 2.24) is 0 Å². The number of hydrogen-bond acceptors (Lipinski definition) is 4. The molecule has 4 aliphatic heterocycles. The molecule has 0 atom stereocenters. The van der Waals surface area contributed by atoms with Gasteiger partial charge in [0.1, 0.15) is 22.2 Å². The van der Waals surface area contributed by atoms with Crippen LogP contribution in [0, 0.1) is 47.4 Å². The van der Waals surface area contributed by atoms with Crippen LogP contribution in [0.2, 0.25) is 0 Å². The lowest BCUT2D eigenvalue weighted by Crippen LogP contribution is -2.28. The molecule has 4 aliphatic carbocycles. The second kappa shape index (κ2) is 20.1. The molecule has 8 aliphatic rings. The van der Waals surface area contributed by atoms with Crippen molar-refractivity contribution in [2.45, 2.75) is 151 Å². The minimum absolute atomic E-state index is 0.390. The van der Waals surface area contributed by atoms with Crippen molar-refractivity contribution in [3.63, 3.8) is 0 Å². The lowest BCUT2D eigenvalue weighted by Gasteiger charge is -2.28. The van der Waals surface area contributed by atoms with E-state index in [0.29, 0.717) is 0 Å².